The fourth-order valence-electron chi connectivity index (χ4n) is 10.1. The van der Waals surface area contributed by atoms with E-state index in [1.54, 1.807) is 67.5 Å². The number of carbonyl (C=O) groups is 3. The third-order valence-electron chi connectivity index (χ3n) is 15.0. The van der Waals surface area contributed by atoms with Crippen LogP contribution >= 0.6 is 31.9 Å². The van der Waals surface area contributed by atoms with E-state index in [0.717, 1.165) is 68.7 Å². The van der Waals surface area contributed by atoms with Crippen molar-refractivity contribution in [2.75, 3.05) is 42.7 Å². The second kappa shape index (κ2) is 34.4. The molecule has 31 heteroatoms. The molecule has 1 aliphatic heterocycles. The Bertz CT molecular complexity index is 4110. The zero-order valence-electron chi connectivity index (χ0n) is 51.7. The predicted molar refractivity (Wildman–Crippen MR) is 354 cm³/mol. The van der Waals surface area contributed by atoms with Crippen LogP contribution in [0.15, 0.2) is 180 Å². The number of allylic oxidation sites excluding steroid dienone is 1. The van der Waals surface area contributed by atoms with Gasteiger partial charge >= 0.3 is 13.7 Å². The molecule has 0 bridgehead atoms. The number of amides is 2. The van der Waals surface area contributed by atoms with E-state index in [0.29, 0.717) is 93.7 Å². The topological polar surface area (TPSA) is 351 Å². The first-order valence-corrected chi connectivity index (χ1v) is 31.7. The fraction of sp³-hybridized carbons (Fsp3) is 0.297. The number of carboxylic acids is 1. The number of aromatic amines is 1. The van der Waals surface area contributed by atoms with Gasteiger partial charge in [0.1, 0.15) is 28.6 Å². The Morgan fingerprint density at radius 1 is 0.632 bits per heavy atom. The molecule has 3 aliphatic carbocycles. The monoisotopic (exact) mass is 1460 g/mol. The minimum absolute atomic E-state index is 0. The quantitative estimate of drug-likeness (QED) is 0.0386. The van der Waals surface area contributed by atoms with Gasteiger partial charge in [0.25, 0.3) is 11.8 Å². The average Bonchev–Trinajstić information content (AvgIpc) is 1.68. The summed E-state index contributed by atoms with van der Waals surface area (Å²) in [4.78, 5) is 52.4. The molecule has 0 spiro atoms. The molecule has 10 aromatic heterocycles. The molecule has 3 fully saturated rings. The molecule has 11 heterocycles. The molecule has 0 saturated heterocycles. The predicted octanol–water partition coefficient (Wildman–Crippen LogP) is 11.7. The van der Waals surface area contributed by atoms with Crippen molar-refractivity contribution in [2.45, 2.75) is 95.7 Å². The van der Waals surface area contributed by atoms with Crippen molar-refractivity contribution >= 4 is 80.6 Å². The number of aromatic nitrogens is 11. The number of nitrogens with zero attached hydrogens (tertiary/aromatic N) is 11. The van der Waals surface area contributed by atoms with Crippen LogP contribution in [0.25, 0.3) is 45.5 Å². The molecule has 2 amide bonds. The van der Waals surface area contributed by atoms with Crippen LogP contribution in [0, 0.1) is 0 Å². The van der Waals surface area contributed by atoms with Crippen LogP contribution < -0.4 is 16.4 Å². The summed E-state index contributed by atoms with van der Waals surface area (Å²) in [7, 11) is 0.642. The van der Waals surface area contributed by atoms with Crippen molar-refractivity contribution in [1.29, 1.82) is 0 Å². The van der Waals surface area contributed by atoms with E-state index in [1.807, 2.05) is 108 Å². The molecule has 3 saturated carbocycles. The van der Waals surface area contributed by atoms with Gasteiger partial charge in [0.2, 0.25) is 5.76 Å². The number of halogens is 2. The van der Waals surface area contributed by atoms with E-state index in [2.05, 4.69) is 86.8 Å². The first-order chi connectivity index (χ1) is 45.7. The summed E-state index contributed by atoms with van der Waals surface area (Å²) in [5, 5.41) is 42.8. The number of pyridine rings is 3. The number of nitrogens with one attached hydrogen (secondary N) is 3. The molecule has 4 aliphatic rings. The van der Waals surface area contributed by atoms with Gasteiger partial charge in [0.15, 0.2) is 20.9 Å². The molecule has 492 valence electrons. The van der Waals surface area contributed by atoms with Gasteiger partial charge < -0.3 is 58.6 Å². The van der Waals surface area contributed by atoms with Gasteiger partial charge in [0, 0.05) is 81.8 Å². The van der Waals surface area contributed by atoms with E-state index in [1.165, 1.54) is 12.1 Å². The number of aromatic carboxylic acids is 1. The first kappa shape index (κ1) is 70.3. The third kappa shape index (κ3) is 18.9. The van der Waals surface area contributed by atoms with Gasteiger partial charge in [-0.05, 0) is 170 Å². The summed E-state index contributed by atoms with van der Waals surface area (Å²) in [5.41, 5.74) is 12.9. The number of carbonyl (C=O) groups excluding carboxylic acids is 2. The van der Waals surface area contributed by atoms with Crippen molar-refractivity contribution in [2.24, 2.45) is 4.99 Å². The van der Waals surface area contributed by atoms with Gasteiger partial charge in [0.05, 0.1) is 95.1 Å². The van der Waals surface area contributed by atoms with E-state index >= 15 is 0 Å². The average molecular weight is 1460 g/mol. The zero-order chi connectivity index (χ0) is 65.9. The van der Waals surface area contributed by atoms with Gasteiger partial charge in [-0.1, -0.05) is 18.2 Å². The standard InChI is InChI=1S/C22H22N6O3.C19H19BrN4O3.C14H18N4O.C5H3BrO3.C4H5BNO2.V/c1-2-30-16-9-15(10-16)28-13-18(21(27-28)17-5-3-4-8-23-17)26-22(29)20-7-6-19(31-20)14-11-24-25-12-14;1-2-26-13-9-12(10-13)24-11-15(18(23-24)14-5-3-4-8-21-14)22-19(25)16-6-7-17(20)27-16;1-2-19-11-7-10(8-11)18-9-12(15)14(17-18)13-5-3-4-6-16-13;6-4-2-1-3(9-4)5(7)8;7-5-8-4-1-2-6-3-4;/h3-8,11-13,15-16H,2,9-10H2,1H3,(H,24,25)(H,26,29);3-8,11-13H,2,9-10H2,1H3,(H,22,25);3-6,9-11H,2,7-8,15H2,1H3;1-2H,(H,7,8);1,3,7H,2H2;. The molecule has 0 atom stereocenters. The Hall–Kier alpha value is -9.00. The molecule has 10 aromatic rings. The van der Waals surface area contributed by atoms with Crippen molar-refractivity contribution < 1.29 is 75.2 Å². The maximum Gasteiger partial charge on any atom is 0.569 e. The van der Waals surface area contributed by atoms with E-state index in [9.17, 15) is 14.4 Å². The maximum absolute atomic E-state index is 12.9. The first-order valence-electron chi connectivity index (χ1n) is 30.2. The molecule has 0 aromatic carbocycles. The molecule has 95 heavy (non-hydrogen) atoms. The third-order valence-corrected chi connectivity index (χ3v) is 15.8. The molecule has 0 unspecified atom stereocenters. The summed E-state index contributed by atoms with van der Waals surface area (Å²) in [6.07, 6.45) is 24.0. The van der Waals surface area contributed by atoms with E-state index < -0.39 is 5.97 Å². The second-order valence-electron chi connectivity index (χ2n) is 21.3. The number of H-pyrrole nitrogens is 1. The maximum atomic E-state index is 12.9. The number of ether oxygens (including phenoxy) is 3. The van der Waals surface area contributed by atoms with Gasteiger partial charge in [-0.25, -0.2) is 4.79 Å². The van der Waals surface area contributed by atoms with Gasteiger partial charge in [-0.2, -0.15) is 20.4 Å². The Morgan fingerprint density at radius 3 is 1.47 bits per heavy atom. The van der Waals surface area contributed by atoms with E-state index in [4.69, 9.17) is 49.1 Å². The number of nitrogens with two attached hydrogens (primary N) is 1. The number of hydrogen-bond donors (Lipinski definition) is 6. The minimum atomic E-state index is -1.05. The number of carboxylic acid groups (broad SMARTS) is 1. The summed E-state index contributed by atoms with van der Waals surface area (Å²) in [5.74, 6) is -0.200. The largest absolute Gasteiger partial charge is 0.569 e. The smallest absolute Gasteiger partial charge is 0.536 e. The molecular formula is C64H67BBr2N15O12V. The number of rotatable bonds is 20. The SMILES string of the molecule is CCOC1CC(n2cc(N)c(-c3ccccn3)n2)C1.CCOC1CC(n2cc(NC(=O)c3ccc(-c4cn[nH]c4)o3)c(-c3ccccn3)n2)C1.CCOC1CC(n2cc(NC(=O)c3ccc(Br)o3)c(-c3ccccn3)n2)C1.O=C(O)c1ccc(Br)o1.O[B]OC1=CCN=C1.[V]. The van der Waals surface area contributed by atoms with Crippen molar-refractivity contribution in [3.8, 4) is 45.5 Å². The van der Waals surface area contributed by atoms with Crippen LogP contribution in [0.1, 0.15) is 109 Å². The van der Waals surface area contributed by atoms with Crippen LogP contribution in [0.4, 0.5) is 17.1 Å². The summed E-state index contributed by atoms with van der Waals surface area (Å²) in [6, 6.07) is 27.4. The molecular weight excluding hydrogens is 1390 g/mol. The van der Waals surface area contributed by atoms with Gasteiger partial charge in [-0.15, -0.1) is 0 Å². The molecule has 27 nitrogen and oxygen atoms in total. The van der Waals surface area contributed by atoms with Crippen molar-refractivity contribution in [3.63, 3.8) is 0 Å². The van der Waals surface area contributed by atoms with Crippen LogP contribution in [0.5, 0.6) is 0 Å². The second-order valence-corrected chi connectivity index (χ2v) is 22.9. The summed E-state index contributed by atoms with van der Waals surface area (Å²) < 4.78 is 43.8. The number of nitrogen functional groups attached to an aromatic ring is 1. The molecule has 14 rings (SSSR count). The molecule has 7 N–H and O–H groups in total. The van der Waals surface area contributed by atoms with Crippen LogP contribution in [0.3, 0.4) is 0 Å². The Morgan fingerprint density at radius 2 is 1.08 bits per heavy atom. The minimum Gasteiger partial charge on any atom is -0.536 e. The summed E-state index contributed by atoms with van der Waals surface area (Å²) in [6.45, 7) is 8.89. The fourth-order valence-corrected chi connectivity index (χ4v) is 10.7. The van der Waals surface area contributed by atoms with Gasteiger partial charge in [-0.3, -0.25) is 48.7 Å². The Kier molecular flexibility index (Phi) is 25.5. The van der Waals surface area contributed by atoms with Crippen molar-refractivity contribution in [1.82, 2.24) is 54.5 Å². The summed E-state index contributed by atoms with van der Waals surface area (Å²) >= 11 is 6.18. The Balaban J connectivity index is 0.000000150. The van der Waals surface area contributed by atoms with Crippen LogP contribution in [0.2, 0.25) is 0 Å². The van der Waals surface area contributed by atoms with Crippen LogP contribution in [-0.4, -0.2) is 141 Å². The van der Waals surface area contributed by atoms with E-state index in [-0.39, 0.29) is 71.9 Å². The number of hydrogen-bond acceptors (Lipinski definition) is 20. The van der Waals surface area contributed by atoms with Crippen LogP contribution in [-0.2, 0) is 37.4 Å². The number of aliphatic imine (C=N–C) groups is 1. The normalized spacial score (nSPS) is 17.9. The molecule has 2 radical (unpaired) electrons. The number of anilines is 3. The zero-order valence-corrected chi connectivity index (χ0v) is 56.3. The Labute approximate surface area is 574 Å². The van der Waals surface area contributed by atoms with Crippen molar-refractivity contribution in [3.05, 3.63) is 179 Å². The number of furan rings is 3.